The first-order chi connectivity index (χ1) is 5.34. The molecule has 1 aliphatic heterocycles. The first-order valence-corrected chi connectivity index (χ1v) is 5.08. The maximum absolute atomic E-state index is 3.62. The molecule has 1 nitrogen and oxygen atoms in total. The molecule has 1 unspecified atom stereocenters. The van der Waals surface area contributed by atoms with Crippen LogP contribution in [0.1, 0.15) is 39.0 Å². The third kappa shape index (κ3) is 2.19. The van der Waals surface area contributed by atoms with E-state index in [1.807, 2.05) is 0 Å². The second-order valence-corrected chi connectivity index (χ2v) is 4.46. The highest BCUT2D eigenvalue weighted by Crippen LogP contribution is 2.35. The molecule has 0 aromatic carbocycles. The number of hydrogen-bond donors (Lipinski definition) is 1. The van der Waals surface area contributed by atoms with Crippen LogP contribution in [-0.4, -0.2) is 12.6 Å². The summed E-state index contributed by atoms with van der Waals surface area (Å²) in [5, 5.41) is 3.62. The summed E-state index contributed by atoms with van der Waals surface area (Å²) in [6.07, 6.45) is 7.29. The number of hydrogen-bond acceptors (Lipinski definition) is 1. The molecular weight excluding hydrogens is 134 g/mol. The van der Waals surface area contributed by atoms with Gasteiger partial charge >= 0.3 is 0 Å². The topological polar surface area (TPSA) is 12.0 Å². The molecule has 1 saturated heterocycles. The van der Waals surface area contributed by atoms with Crippen molar-refractivity contribution in [3.05, 3.63) is 0 Å². The van der Waals surface area contributed by atoms with Crippen LogP contribution in [0.5, 0.6) is 0 Å². The normalized spacial score (nSPS) is 39.0. The summed E-state index contributed by atoms with van der Waals surface area (Å²) in [6.45, 7) is 3.65. The smallest absolute Gasteiger partial charge is 0.00722 e. The third-order valence-corrected chi connectivity index (χ3v) is 3.07. The molecule has 1 heterocycles. The lowest BCUT2D eigenvalue weighted by Crippen LogP contribution is -2.37. The first kappa shape index (κ1) is 7.60. The predicted octanol–water partition coefficient (Wildman–Crippen LogP) is 2.17. The predicted molar refractivity (Wildman–Crippen MR) is 47.5 cm³/mol. The van der Waals surface area contributed by atoms with E-state index in [9.17, 15) is 0 Å². The lowest BCUT2D eigenvalue weighted by Gasteiger charge is -2.28. The summed E-state index contributed by atoms with van der Waals surface area (Å²) in [6, 6.07) is 0.867. The van der Waals surface area contributed by atoms with E-state index in [1.54, 1.807) is 0 Å². The van der Waals surface area contributed by atoms with Gasteiger partial charge in [0.05, 0.1) is 0 Å². The van der Waals surface area contributed by atoms with Crippen molar-refractivity contribution in [3.63, 3.8) is 0 Å². The summed E-state index contributed by atoms with van der Waals surface area (Å²) in [5.41, 5.74) is 0. The van der Waals surface area contributed by atoms with Crippen molar-refractivity contribution < 1.29 is 0 Å². The zero-order valence-electron chi connectivity index (χ0n) is 7.47. The van der Waals surface area contributed by atoms with E-state index in [4.69, 9.17) is 0 Å². The zero-order chi connectivity index (χ0) is 7.68. The fraction of sp³-hybridized carbons (Fsp3) is 1.00. The fourth-order valence-corrected chi connectivity index (χ4v) is 2.16. The Kier molecular flexibility index (Phi) is 2.17. The SMILES string of the molecule is C[C@@H]1CCNC(CC2CC2)C1. The Labute approximate surface area is 69.6 Å². The summed E-state index contributed by atoms with van der Waals surface area (Å²) in [5.74, 6) is 2.07. The summed E-state index contributed by atoms with van der Waals surface area (Å²) < 4.78 is 0. The maximum Gasteiger partial charge on any atom is 0.00722 e. The van der Waals surface area contributed by atoms with E-state index in [2.05, 4.69) is 12.2 Å². The average Bonchev–Trinajstić information content (AvgIpc) is 2.71. The van der Waals surface area contributed by atoms with Crippen LogP contribution in [0.2, 0.25) is 0 Å². The van der Waals surface area contributed by atoms with Gasteiger partial charge < -0.3 is 5.32 Å². The Hall–Kier alpha value is -0.0400. The van der Waals surface area contributed by atoms with E-state index in [1.165, 1.54) is 38.6 Å². The van der Waals surface area contributed by atoms with Crippen molar-refractivity contribution in [2.24, 2.45) is 11.8 Å². The molecule has 11 heavy (non-hydrogen) atoms. The molecule has 0 amide bonds. The Morgan fingerprint density at radius 3 is 2.73 bits per heavy atom. The lowest BCUT2D eigenvalue weighted by atomic mass is 9.91. The molecular formula is C10H19N. The van der Waals surface area contributed by atoms with E-state index >= 15 is 0 Å². The fourth-order valence-electron chi connectivity index (χ4n) is 2.16. The van der Waals surface area contributed by atoms with Gasteiger partial charge in [-0.2, -0.15) is 0 Å². The van der Waals surface area contributed by atoms with Gasteiger partial charge in [-0.3, -0.25) is 0 Å². The van der Waals surface area contributed by atoms with E-state index < -0.39 is 0 Å². The average molecular weight is 153 g/mol. The van der Waals surface area contributed by atoms with Crippen molar-refractivity contribution in [1.82, 2.24) is 5.32 Å². The second-order valence-electron chi connectivity index (χ2n) is 4.46. The highest BCUT2D eigenvalue weighted by atomic mass is 14.9. The van der Waals surface area contributed by atoms with Crippen LogP contribution in [0.4, 0.5) is 0 Å². The van der Waals surface area contributed by atoms with E-state index in [0.717, 1.165) is 17.9 Å². The third-order valence-electron chi connectivity index (χ3n) is 3.07. The van der Waals surface area contributed by atoms with E-state index in [-0.39, 0.29) is 0 Å². The van der Waals surface area contributed by atoms with Crippen LogP contribution < -0.4 is 5.32 Å². The molecule has 2 aliphatic rings. The van der Waals surface area contributed by atoms with Crippen molar-refractivity contribution in [2.75, 3.05) is 6.54 Å². The molecule has 0 spiro atoms. The highest BCUT2D eigenvalue weighted by Gasteiger charge is 2.27. The second kappa shape index (κ2) is 3.14. The van der Waals surface area contributed by atoms with Gasteiger partial charge in [0.2, 0.25) is 0 Å². The minimum atomic E-state index is 0.867. The lowest BCUT2D eigenvalue weighted by molar-refractivity contribution is 0.300. The molecule has 1 heteroatoms. The number of nitrogens with one attached hydrogen (secondary N) is 1. The summed E-state index contributed by atoms with van der Waals surface area (Å²) >= 11 is 0. The zero-order valence-corrected chi connectivity index (χ0v) is 7.47. The Morgan fingerprint density at radius 2 is 2.09 bits per heavy atom. The van der Waals surface area contributed by atoms with E-state index in [0.29, 0.717) is 0 Å². The Morgan fingerprint density at radius 1 is 1.27 bits per heavy atom. The van der Waals surface area contributed by atoms with Gasteiger partial charge in [-0.05, 0) is 37.6 Å². The van der Waals surface area contributed by atoms with Gasteiger partial charge in [0.15, 0.2) is 0 Å². The molecule has 64 valence electrons. The van der Waals surface area contributed by atoms with Crippen molar-refractivity contribution in [3.8, 4) is 0 Å². The maximum atomic E-state index is 3.62. The van der Waals surface area contributed by atoms with Crippen molar-refractivity contribution >= 4 is 0 Å². The van der Waals surface area contributed by atoms with Gasteiger partial charge in [-0.15, -0.1) is 0 Å². The molecule has 1 N–H and O–H groups in total. The van der Waals surface area contributed by atoms with Crippen LogP contribution in [0.15, 0.2) is 0 Å². The minimum Gasteiger partial charge on any atom is -0.314 e. The van der Waals surface area contributed by atoms with Crippen molar-refractivity contribution in [2.45, 2.75) is 45.1 Å². The molecule has 0 bridgehead atoms. The molecule has 1 saturated carbocycles. The summed E-state index contributed by atoms with van der Waals surface area (Å²) in [7, 11) is 0. The summed E-state index contributed by atoms with van der Waals surface area (Å²) in [4.78, 5) is 0. The van der Waals surface area contributed by atoms with Crippen LogP contribution in [0.3, 0.4) is 0 Å². The molecule has 2 rings (SSSR count). The quantitative estimate of drug-likeness (QED) is 0.641. The Balaban J connectivity index is 1.73. The largest absolute Gasteiger partial charge is 0.314 e. The molecule has 2 atom stereocenters. The van der Waals surface area contributed by atoms with Crippen molar-refractivity contribution in [1.29, 1.82) is 0 Å². The van der Waals surface area contributed by atoms with Crippen LogP contribution in [0, 0.1) is 11.8 Å². The Bertz CT molecular complexity index is 127. The van der Waals surface area contributed by atoms with Crippen LogP contribution in [0.25, 0.3) is 0 Å². The molecule has 0 aromatic heterocycles. The van der Waals surface area contributed by atoms with Gasteiger partial charge in [0, 0.05) is 6.04 Å². The van der Waals surface area contributed by atoms with Gasteiger partial charge in [-0.1, -0.05) is 19.8 Å². The minimum absolute atomic E-state index is 0.867. The molecule has 0 aromatic rings. The van der Waals surface area contributed by atoms with Gasteiger partial charge in [-0.25, -0.2) is 0 Å². The standard InChI is InChI=1S/C10H19N/c1-8-4-5-11-10(6-8)7-9-2-3-9/h8-11H,2-7H2,1H3/t8-,10?/m1/s1. The van der Waals surface area contributed by atoms with Gasteiger partial charge in [0.1, 0.15) is 0 Å². The monoisotopic (exact) mass is 153 g/mol. The van der Waals surface area contributed by atoms with Gasteiger partial charge in [0.25, 0.3) is 0 Å². The highest BCUT2D eigenvalue weighted by molar-refractivity contribution is 4.83. The van der Waals surface area contributed by atoms with Crippen LogP contribution >= 0.6 is 0 Å². The van der Waals surface area contributed by atoms with Crippen LogP contribution in [-0.2, 0) is 0 Å². The number of piperidine rings is 1. The first-order valence-electron chi connectivity index (χ1n) is 5.08. The molecule has 0 radical (unpaired) electrons. The molecule has 2 fully saturated rings. The molecule has 1 aliphatic carbocycles. The number of rotatable bonds is 2.